The number of hydrogen-bond acceptors (Lipinski definition) is 5. The van der Waals surface area contributed by atoms with Crippen LogP contribution in [0.25, 0.3) is 0 Å². The van der Waals surface area contributed by atoms with E-state index in [2.05, 4.69) is 16.3 Å². The standard InChI is InChI=1S/C23H29N3O4/c27-21(9-10-26-22(28)19-7-3-4-8-20(19)23(26)29)24-15-17-5-1-2-6-18(17)16-25-11-13-30-14-12-25/h1-6,19-20H,7-16H2,(H,24,27). The molecule has 2 atom stereocenters. The first-order valence-electron chi connectivity index (χ1n) is 10.8. The van der Waals surface area contributed by atoms with Gasteiger partial charge in [-0.05, 0) is 24.0 Å². The highest BCUT2D eigenvalue weighted by Crippen LogP contribution is 2.34. The van der Waals surface area contributed by atoms with Gasteiger partial charge in [-0.1, -0.05) is 36.4 Å². The van der Waals surface area contributed by atoms with Crippen molar-refractivity contribution in [1.82, 2.24) is 15.1 Å². The van der Waals surface area contributed by atoms with Gasteiger partial charge in [0.05, 0.1) is 25.0 Å². The van der Waals surface area contributed by atoms with E-state index in [4.69, 9.17) is 4.74 Å². The topological polar surface area (TPSA) is 79.0 Å². The van der Waals surface area contributed by atoms with Gasteiger partial charge in [0, 0.05) is 39.1 Å². The van der Waals surface area contributed by atoms with Gasteiger partial charge < -0.3 is 10.1 Å². The Hall–Kier alpha value is -2.51. The van der Waals surface area contributed by atoms with Crippen LogP contribution in [-0.2, 0) is 32.2 Å². The third-order valence-corrected chi connectivity index (χ3v) is 6.25. The van der Waals surface area contributed by atoms with Crippen LogP contribution in [-0.4, -0.2) is 60.4 Å². The van der Waals surface area contributed by atoms with Crippen LogP contribution in [0.3, 0.4) is 0 Å². The lowest BCUT2D eigenvalue weighted by Crippen LogP contribution is -2.36. The lowest BCUT2D eigenvalue weighted by molar-refractivity contribution is -0.140. The first-order chi connectivity index (χ1) is 14.6. The first kappa shape index (κ1) is 20.8. The van der Waals surface area contributed by atoms with Crippen LogP contribution >= 0.6 is 0 Å². The number of morpholine rings is 1. The van der Waals surface area contributed by atoms with E-state index >= 15 is 0 Å². The number of nitrogens with one attached hydrogen (secondary N) is 1. The summed E-state index contributed by atoms with van der Waals surface area (Å²) in [5.74, 6) is -0.879. The van der Waals surface area contributed by atoms with E-state index in [1.54, 1.807) is 0 Å². The molecule has 160 valence electrons. The Kier molecular flexibility index (Phi) is 6.59. The summed E-state index contributed by atoms with van der Waals surface area (Å²) in [4.78, 5) is 41.0. The van der Waals surface area contributed by atoms with Crippen LogP contribution < -0.4 is 5.32 Å². The molecule has 3 aliphatic rings. The number of ether oxygens (including phenoxy) is 1. The third-order valence-electron chi connectivity index (χ3n) is 6.25. The Morgan fingerprint density at radius 2 is 1.63 bits per heavy atom. The zero-order valence-corrected chi connectivity index (χ0v) is 17.2. The minimum Gasteiger partial charge on any atom is -0.379 e. The number of amides is 3. The lowest BCUT2D eigenvalue weighted by Gasteiger charge is -2.27. The fraction of sp³-hybridized carbons (Fsp3) is 0.522. The second-order valence-corrected chi connectivity index (χ2v) is 8.17. The number of carbonyl (C=O) groups is 3. The summed E-state index contributed by atoms with van der Waals surface area (Å²) in [7, 11) is 0. The number of allylic oxidation sites excluding steroid dienone is 2. The fourth-order valence-electron chi connectivity index (χ4n) is 4.47. The van der Waals surface area contributed by atoms with Crippen molar-refractivity contribution in [2.24, 2.45) is 11.8 Å². The zero-order chi connectivity index (χ0) is 20.9. The van der Waals surface area contributed by atoms with E-state index in [9.17, 15) is 14.4 Å². The number of likely N-dealkylation sites (tertiary alicyclic amines) is 1. The van der Waals surface area contributed by atoms with E-state index in [-0.39, 0.29) is 42.5 Å². The second kappa shape index (κ2) is 9.53. The van der Waals surface area contributed by atoms with Gasteiger partial charge in [-0.15, -0.1) is 0 Å². The quantitative estimate of drug-likeness (QED) is 0.543. The normalized spacial score (nSPS) is 24.2. The predicted molar refractivity (Wildman–Crippen MR) is 111 cm³/mol. The molecule has 2 unspecified atom stereocenters. The molecule has 0 aromatic heterocycles. The van der Waals surface area contributed by atoms with E-state index in [0.717, 1.165) is 38.4 Å². The van der Waals surface area contributed by atoms with Crippen LogP contribution in [0, 0.1) is 11.8 Å². The number of carbonyl (C=O) groups excluding carboxylic acids is 3. The number of fused-ring (bicyclic) bond motifs is 1. The van der Waals surface area contributed by atoms with Crippen molar-refractivity contribution in [1.29, 1.82) is 0 Å². The number of rotatable bonds is 7. The molecule has 2 heterocycles. The molecule has 30 heavy (non-hydrogen) atoms. The maximum Gasteiger partial charge on any atom is 0.233 e. The summed E-state index contributed by atoms with van der Waals surface area (Å²) in [6.07, 6.45) is 5.32. The van der Waals surface area contributed by atoms with E-state index in [0.29, 0.717) is 19.4 Å². The van der Waals surface area contributed by atoms with Crippen molar-refractivity contribution in [3.63, 3.8) is 0 Å². The second-order valence-electron chi connectivity index (χ2n) is 8.17. The molecular formula is C23H29N3O4. The van der Waals surface area contributed by atoms with E-state index in [1.807, 2.05) is 30.4 Å². The maximum atomic E-state index is 12.5. The molecule has 2 fully saturated rings. The predicted octanol–water partition coefficient (Wildman–Crippen LogP) is 1.48. The van der Waals surface area contributed by atoms with Crippen LogP contribution in [0.1, 0.15) is 30.4 Å². The molecule has 7 nitrogen and oxygen atoms in total. The molecule has 2 saturated heterocycles. The molecular weight excluding hydrogens is 382 g/mol. The van der Waals surface area contributed by atoms with Crippen molar-refractivity contribution in [3.05, 3.63) is 47.5 Å². The molecule has 3 amide bonds. The Bertz CT molecular complexity index is 805. The Morgan fingerprint density at radius 1 is 1.00 bits per heavy atom. The van der Waals surface area contributed by atoms with E-state index < -0.39 is 0 Å². The molecule has 1 aliphatic carbocycles. The lowest BCUT2D eigenvalue weighted by atomic mass is 9.85. The summed E-state index contributed by atoms with van der Waals surface area (Å²) < 4.78 is 5.41. The van der Waals surface area contributed by atoms with Gasteiger partial charge in [-0.2, -0.15) is 0 Å². The number of benzene rings is 1. The molecule has 1 N–H and O–H groups in total. The maximum absolute atomic E-state index is 12.5. The molecule has 1 aromatic carbocycles. The van der Waals surface area contributed by atoms with E-state index in [1.165, 1.54) is 10.5 Å². The van der Waals surface area contributed by atoms with Crippen LogP contribution in [0.15, 0.2) is 36.4 Å². The largest absolute Gasteiger partial charge is 0.379 e. The molecule has 4 rings (SSSR count). The van der Waals surface area contributed by atoms with Crippen LogP contribution in [0.5, 0.6) is 0 Å². The van der Waals surface area contributed by atoms with Crippen molar-refractivity contribution >= 4 is 17.7 Å². The highest BCUT2D eigenvalue weighted by Gasteiger charge is 2.46. The molecule has 2 aliphatic heterocycles. The fourth-order valence-corrected chi connectivity index (χ4v) is 4.47. The zero-order valence-electron chi connectivity index (χ0n) is 17.2. The summed E-state index contributed by atoms with van der Waals surface area (Å²) in [6, 6.07) is 8.11. The first-order valence-corrected chi connectivity index (χ1v) is 10.8. The number of nitrogens with zero attached hydrogens (tertiary/aromatic N) is 2. The number of hydrogen-bond donors (Lipinski definition) is 1. The average Bonchev–Trinajstić information content (AvgIpc) is 3.02. The molecule has 0 saturated carbocycles. The molecule has 1 aromatic rings. The van der Waals surface area contributed by atoms with Crippen LogP contribution in [0.2, 0.25) is 0 Å². The summed E-state index contributed by atoms with van der Waals surface area (Å²) in [6.45, 7) is 4.77. The Morgan fingerprint density at radius 3 is 2.30 bits per heavy atom. The van der Waals surface area contributed by atoms with Crippen molar-refractivity contribution < 1.29 is 19.1 Å². The Balaban J connectivity index is 1.27. The molecule has 0 radical (unpaired) electrons. The number of imide groups is 1. The summed E-state index contributed by atoms with van der Waals surface area (Å²) >= 11 is 0. The minimum atomic E-state index is -0.238. The molecule has 0 bridgehead atoms. The van der Waals surface area contributed by atoms with Gasteiger partial charge in [0.25, 0.3) is 0 Å². The smallest absolute Gasteiger partial charge is 0.233 e. The van der Waals surface area contributed by atoms with Crippen LogP contribution in [0.4, 0.5) is 0 Å². The SMILES string of the molecule is O=C(CCN1C(=O)C2CC=CCC2C1=O)NCc1ccccc1CN1CCOCC1. The Labute approximate surface area is 177 Å². The van der Waals surface area contributed by atoms with Gasteiger partial charge in [0.1, 0.15) is 0 Å². The average molecular weight is 412 g/mol. The molecule has 0 spiro atoms. The van der Waals surface area contributed by atoms with Crippen molar-refractivity contribution in [2.45, 2.75) is 32.4 Å². The van der Waals surface area contributed by atoms with Crippen molar-refractivity contribution in [2.75, 3.05) is 32.8 Å². The van der Waals surface area contributed by atoms with Crippen molar-refractivity contribution in [3.8, 4) is 0 Å². The minimum absolute atomic E-state index is 0.127. The van der Waals surface area contributed by atoms with Gasteiger partial charge in [0.15, 0.2) is 0 Å². The highest BCUT2D eigenvalue weighted by atomic mass is 16.5. The molecule has 7 heteroatoms. The monoisotopic (exact) mass is 411 g/mol. The van der Waals surface area contributed by atoms with Gasteiger partial charge in [-0.3, -0.25) is 24.2 Å². The third kappa shape index (κ3) is 4.63. The van der Waals surface area contributed by atoms with Gasteiger partial charge in [0.2, 0.25) is 17.7 Å². The van der Waals surface area contributed by atoms with Gasteiger partial charge >= 0.3 is 0 Å². The summed E-state index contributed by atoms with van der Waals surface area (Å²) in [5, 5.41) is 2.95. The summed E-state index contributed by atoms with van der Waals surface area (Å²) in [5.41, 5.74) is 2.28. The highest BCUT2D eigenvalue weighted by molar-refractivity contribution is 6.05. The van der Waals surface area contributed by atoms with Gasteiger partial charge in [-0.25, -0.2) is 0 Å².